The molecule has 1 N–H and O–H groups in total. The largest absolute Gasteiger partial charge is 0.496 e. The van der Waals surface area contributed by atoms with Crippen LogP contribution in [0.25, 0.3) is 11.1 Å². The Kier molecular flexibility index (Phi) is 6.83. The van der Waals surface area contributed by atoms with Gasteiger partial charge in [0.25, 0.3) is 0 Å². The predicted molar refractivity (Wildman–Crippen MR) is 118 cm³/mol. The van der Waals surface area contributed by atoms with E-state index in [4.69, 9.17) is 14.0 Å². The summed E-state index contributed by atoms with van der Waals surface area (Å²) in [5.41, 5.74) is 3.14. The van der Waals surface area contributed by atoms with E-state index < -0.39 is 7.12 Å². The van der Waals surface area contributed by atoms with E-state index in [2.05, 4.69) is 17.2 Å². The summed E-state index contributed by atoms with van der Waals surface area (Å²) in [6.45, 7) is 11.1. The van der Waals surface area contributed by atoms with Gasteiger partial charge in [0.05, 0.1) is 17.8 Å². The number of aromatic nitrogens is 1. The number of alkyl carbamates (subject to hydrolysis) is 1. The van der Waals surface area contributed by atoms with Crippen molar-refractivity contribution in [2.75, 3.05) is 6.61 Å². The van der Waals surface area contributed by atoms with Crippen LogP contribution in [-0.4, -0.2) is 36.0 Å². The monoisotopic (exact) mass is 410 g/mol. The number of nitrogens with one attached hydrogen (secondary N) is 1. The third-order valence-electron chi connectivity index (χ3n) is 5.74. The lowest BCUT2D eigenvalue weighted by atomic mass is 9.79. The van der Waals surface area contributed by atoms with Crippen molar-refractivity contribution in [3.63, 3.8) is 0 Å². The number of unbranched alkanes of at least 4 members (excludes halogenated alkanes) is 1. The minimum Gasteiger partial charge on any atom is -0.450 e. The van der Waals surface area contributed by atoms with Gasteiger partial charge >= 0.3 is 13.2 Å². The van der Waals surface area contributed by atoms with Crippen molar-refractivity contribution in [3.8, 4) is 11.1 Å². The Bertz CT molecular complexity index is 852. The van der Waals surface area contributed by atoms with E-state index >= 15 is 0 Å². The average Bonchev–Trinajstić information content (AvgIpc) is 2.94. The molecule has 2 aromatic rings. The number of hydrogen-bond acceptors (Lipinski definition) is 5. The highest BCUT2D eigenvalue weighted by Crippen LogP contribution is 2.36. The summed E-state index contributed by atoms with van der Waals surface area (Å²) >= 11 is 0. The van der Waals surface area contributed by atoms with E-state index in [0.717, 1.165) is 35.0 Å². The van der Waals surface area contributed by atoms with Crippen LogP contribution in [0, 0.1) is 0 Å². The predicted octanol–water partition coefficient (Wildman–Crippen LogP) is 4.07. The molecule has 0 unspecified atom stereocenters. The van der Waals surface area contributed by atoms with E-state index in [1.54, 1.807) is 6.20 Å². The van der Waals surface area contributed by atoms with Crippen molar-refractivity contribution in [3.05, 3.63) is 48.3 Å². The zero-order valence-corrected chi connectivity index (χ0v) is 18.5. The van der Waals surface area contributed by atoms with Gasteiger partial charge in [0.1, 0.15) is 0 Å². The van der Waals surface area contributed by atoms with Crippen molar-refractivity contribution < 1.29 is 18.8 Å². The maximum Gasteiger partial charge on any atom is 0.496 e. The van der Waals surface area contributed by atoms with Crippen LogP contribution in [0.2, 0.25) is 0 Å². The molecule has 0 radical (unpaired) electrons. The summed E-state index contributed by atoms with van der Waals surface area (Å²) < 4.78 is 17.4. The molecule has 1 aromatic heterocycles. The number of ether oxygens (including phenoxy) is 1. The third kappa shape index (κ3) is 5.21. The lowest BCUT2D eigenvalue weighted by Crippen LogP contribution is -2.41. The topological polar surface area (TPSA) is 69.7 Å². The molecule has 7 heteroatoms. The summed E-state index contributed by atoms with van der Waals surface area (Å²) in [6.07, 6.45) is 5.11. The highest BCUT2D eigenvalue weighted by Gasteiger charge is 2.51. The fourth-order valence-corrected chi connectivity index (χ4v) is 3.07. The molecule has 6 nitrogen and oxygen atoms in total. The smallest absolute Gasteiger partial charge is 0.450 e. The Hall–Kier alpha value is -2.38. The van der Waals surface area contributed by atoms with E-state index in [9.17, 15) is 4.79 Å². The lowest BCUT2D eigenvalue weighted by Gasteiger charge is -2.32. The zero-order chi connectivity index (χ0) is 21.8. The molecule has 1 saturated heterocycles. The van der Waals surface area contributed by atoms with E-state index in [1.807, 2.05) is 64.2 Å². The molecule has 0 spiro atoms. The first-order valence-electron chi connectivity index (χ1n) is 10.5. The summed E-state index contributed by atoms with van der Waals surface area (Å²) in [6, 6.07) is 10.1. The van der Waals surface area contributed by atoms with Crippen LogP contribution in [0.1, 0.15) is 53.0 Å². The maximum absolute atomic E-state index is 11.7. The first kappa shape index (κ1) is 22.3. The molecule has 160 valence electrons. The summed E-state index contributed by atoms with van der Waals surface area (Å²) in [5, 5.41) is 2.77. The Morgan fingerprint density at radius 1 is 1.07 bits per heavy atom. The molecule has 1 fully saturated rings. The molecular formula is C23H31BN2O4. The van der Waals surface area contributed by atoms with Gasteiger partial charge in [0.15, 0.2) is 0 Å². The van der Waals surface area contributed by atoms with Gasteiger partial charge in [-0.15, -0.1) is 0 Å². The Balaban J connectivity index is 1.63. The molecule has 1 aromatic carbocycles. The first-order chi connectivity index (χ1) is 14.2. The average molecular weight is 410 g/mol. The van der Waals surface area contributed by atoms with Gasteiger partial charge in [-0.3, -0.25) is 4.98 Å². The van der Waals surface area contributed by atoms with Gasteiger partial charge in [-0.05, 0) is 50.8 Å². The third-order valence-corrected chi connectivity index (χ3v) is 5.74. The number of rotatable bonds is 7. The van der Waals surface area contributed by atoms with Gasteiger partial charge in [-0.2, -0.15) is 0 Å². The number of carbonyl (C=O) groups excluding carboxylic acids is 1. The number of pyridine rings is 1. The highest BCUT2D eigenvalue weighted by atomic mass is 16.7. The molecule has 3 rings (SSSR count). The lowest BCUT2D eigenvalue weighted by molar-refractivity contribution is 0.00578. The fraction of sp³-hybridized carbons (Fsp3) is 0.478. The van der Waals surface area contributed by atoms with Crippen LogP contribution in [0.15, 0.2) is 42.7 Å². The second-order valence-corrected chi connectivity index (χ2v) is 8.64. The molecule has 1 aliphatic heterocycles. The summed E-state index contributed by atoms with van der Waals surface area (Å²) in [7, 11) is -0.440. The fourth-order valence-electron chi connectivity index (χ4n) is 3.07. The second kappa shape index (κ2) is 9.19. The van der Waals surface area contributed by atoms with E-state index in [1.165, 1.54) is 0 Å². The highest BCUT2D eigenvalue weighted by molar-refractivity contribution is 6.62. The Morgan fingerprint density at radius 2 is 1.73 bits per heavy atom. The number of carbonyl (C=O) groups is 1. The van der Waals surface area contributed by atoms with Gasteiger partial charge < -0.3 is 19.4 Å². The quantitative estimate of drug-likeness (QED) is 0.551. The minimum atomic E-state index is -0.440. The zero-order valence-electron chi connectivity index (χ0n) is 18.5. The molecular weight excluding hydrogens is 379 g/mol. The molecule has 1 aliphatic rings. The van der Waals surface area contributed by atoms with Crippen LogP contribution in [0.4, 0.5) is 4.79 Å². The standard InChI is InChI=1S/C23H31BN2O4/c1-6-7-12-28-21(27)26-14-17-8-10-18(11-9-17)19-13-20(16-25-15-19)24-29-22(2,3)23(4,5)30-24/h8-11,13,15-16H,6-7,12,14H2,1-5H3,(H,26,27). The second-order valence-electron chi connectivity index (χ2n) is 8.64. The summed E-state index contributed by atoms with van der Waals surface area (Å²) in [5.74, 6) is 0. The minimum absolute atomic E-state index is 0.383. The van der Waals surface area contributed by atoms with Crippen LogP contribution in [0.3, 0.4) is 0 Å². The normalized spacial score (nSPS) is 17.0. The molecule has 2 heterocycles. The van der Waals surface area contributed by atoms with Crippen molar-refractivity contribution in [2.24, 2.45) is 0 Å². The Labute approximate surface area is 179 Å². The molecule has 0 atom stereocenters. The van der Waals surface area contributed by atoms with Crippen molar-refractivity contribution in [1.29, 1.82) is 0 Å². The molecule has 0 saturated carbocycles. The number of hydrogen-bond donors (Lipinski definition) is 1. The van der Waals surface area contributed by atoms with Gasteiger partial charge in [0, 0.05) is 24.4 Å². The van der Waals surface area contributed by atoms with Crippen LogP contribution in [-0.2, 0) is 20.6 Å². The molecule has 0 aliphatic carbocycles. The molecule has 0 bridgehead atoms. The SMILES string of the molecule is CCCCOC(=O)NCc1ccc(-c2cncc(B3OC(C)(C)C(C)(C)O3)c2)cc1. The van der Waals surface area contributed by atoms with Crippen molar-refractivity contribution >= 4 is 18.7 Å². The van der Waals surface area contributed by atoms with E-state index in [-0.39, 0.29) is 17.3 Å². The van der Waals surface area contributed by atoms with E-state index in [0.29, 0.717) is 13.2 Å². The van der Waals surface area contributed by atoms with Crippen LogP contribution in [0.5, 0.6) is 0 Å². The number of benzene rings is 1. The first-order valence-corrected chi connectivity index (χ1v) is 10.5. The van der Waals surface area contributed by atoms with Crippen molar-refractivity contribution in [2.45, 2.75) is 65.2 Å². The van der Waals surface area contributed by atoms with Crippen LogP contribution < -0.4 is 10.8 Å². The van der Waals surface area contributed by atoms with Crippen molar-refractivity contribution in [1.82, 2.24) is 10.3 Å². The number of amides is 1. The maximum atomic E-state index is 11.7. The Morgan fingerprint density at radius 3 is 2.37 bits per heavy atom. The van der Waals surface area contributed by atoms with Gasteiger partial charge in [-0.1, -0.05) is 43.7 Å². The van der Waals surface area contributed by atoms with Gasteiger partial charge in [0.2, 0.25) is 0 Å². The summed E-state index contributed by atoms with van der Waals surface area (Å²) in [4.78, 5) is 16.1. The molecule has 30 heavy (non-hydrogen) atoms. The van der Waals surface area contributed by atoms with Crippen LogP contribution >= 0.6 is 0 Å². The number of nitrogens with zero attached hydrogens (tertiary/aromatic N) is 1. The van der Waals surface area contributed by atoms with Gasteiger partial charge in [-0.25, -0.2) is 4.79 Å². The molecule has 1 amide bonds.